The normalized spacial score (nSPS) is 12.6. The molecule has 1 heterocycles. The van der Waals surface area contributed by atoms with Gasteiger partial charge in [-0.15, -0.1) is 0 Å². The number of nitrogens with zero attached hydrogens (tertiary/aromatic N) is 2. The summed E-state index contributed by atoms with van der Waals surface area (Å²) in [6.45, 7) is 7.66. The summed E-state index contributed by atoms with van der Waals surface area (Å²) in [4.78, 5) is 4.15. The van der Waals surface area contributed by atoms with Crippen molar-refractivity contribution in [2.75, 3.05) is 0 Å². The highest BCUT2D eigenvalue weighted by Crippen LogP contribution is 2.26. The minimum atomic E-state index is 0.591. The van der Waals surface area contributed by atoms with Crippen LogP contribution in [0.1, 0.15) is 48.8 Å². The molecule has 0 saturated carbocycles. The molecule has 1 unspecified atom stereocenters. The summed E-state index contributed by atoms with van der Waals surface area (Å²) in [6.07, 6.45) is 9.62. The number of unbranched alkanes of at least 4 members (excludes halogenated alkanes) is 1. The van der Waals surface area contributed by atoms with E-state index in [1.54, 1.807) is 0 Å². The zero-order chi connectivity index (χ0) is 13.7. The fourth-order valence-corrected chi connectivity index (χ4v) is 2.71. The summed E-state index contributed by atoms with van der Waals surface area (Å²) in [5.74, 6) is 0.591. The van der Waals surface area contributed by atoms with E-state index < -0.39 is 0 Å². The maximum atomic E-state index is 4.15. The van der Waals surface area contributed by atoms with Crippen LogP contribution in [-0.4, -0.2) is 9.55 Å². The summed E-state index contributed by atoms with van der Waals surface area (Å²) in [7, 11) is 0. The number of aryl methyl sites for hydroxylation is 2. The molecule has 2 aromatic rings. The van der Waals surface area contributed by atoms with Crippen LogP contribution in [0.3, 0.4) is 0 Å². The van der Waals surface area contributed by atoms with Gasteiger partial charge < -0.3 is 4.57 Å². The largest absolute Gasteiger partial charge is 0.337 e. The first kappa shape index (κ1) is 13.9. The lowest BCUT2D eigenvalue weighted by Gasteiger charge is -2.19. The first-order valence-electron chi connectivity index (χ1n) is 7.23. The van der Waals surface area contributed by atoms with Crippen molar-refractivity contribution in [3.63, 3.8) is 0 Å². The molecule has 2 heteroatoms. The quantitative estimate of drug-likeness (QED) is 0.745. The Kier molecular flexibility index (Phi) is 4.78. The molecule has 0 aliphatic rings. The fraction of sp³-hybridized carbons (Fsp3) is 0.471. The van der Waals surface area contributed by atoms with Crippen LogP contribution >= 0.6 is 0 Å². The summed E-state index contributed by atoms with van der Waals surface area (Å²) < 4.78 is 2.19. The number of rotatable bonds is 6. The Morgan fingerprint density at radius 2 is 1.89 bits per heavy atom. The van der Waals surface area contributed by atoms with E-state index in [9.17, 15) is 0 Å². The molecule has 0 N–H and O–H groups in total. The van der Waals surface area contributed by atoms with Gasteiger partial charge in [-0.1, -0.05) is 49.1 Å². The molecule has 1 aromatic carbocycles. The fourth-order valence-electron chi connectivity index (χ4n) is 2.71. The van der Waals surface area contributed by atoms with Gasteiger partial charge in [-0.05, 0) is 25.8 Å². The number of benzene rings is 1. The van der Waals surface area contributed by atoms with E-state index in [2.05, 4.69) is 54.7 Å². The highest BCUT2D eigenvalue weighted by molar-refractivity contribution is 5.31. The van der Waals surface area contributed by atoms with Gasteiger partial charge in [-0.2, -0.15) is 0 Å². The lowest BCUT2D eigenvalue weighted by molar-refractivity contribution is 0.504. The second kappa shape index (κ2) is 6.55. The summed E-state index contributed by atoms with van der Waals surface area (Å²) in [5, 5.41) is 0. The first-order chi connectivity index (χ1) is 9.19. The third kappa shape index (κ3) is 3.95. The lowest BCUT2D eigenvalue weighted by atomic mass is 9.91. The number of hydrogen-bond acceptors (Lipinski definition) is 1. The van der Waals surface area contributed by atoms with Crippen LogP contribution in [0.15, 0.2) is 36.9 Å². The molecule has 2 rings (SSSR count). The van der Waals surface area contributed by atoms with Crippen molar-refractivity contribution in [1.29, 1.82) is 0 Å². The lowest BCUT2D eigenvalue weighted by Crippen LogP contribution is -2.08. The highest BCUT2D eigenvalue weighted by atomic mass is 15.0. The topological polar surface area (TPSA) is 17.8 Å². The van der Waals surface area contributed by atoms with E-state index in [-0.39, 0.29) is 0 Å². The van der Waals surface area contributed by atoms with Crippen LogP contribution in [0.5, 0.6) is 0 Å². The number of imidazole rings is 1. The van der Waals surface area contributed by atoms with Crippen LogP contribution < -0.4 is 0 Å². The Morgan fingerprint density at radius 1 is 1.16 bits per heavy atom. The molecule has 1 aromatic heterocycles. The van der Waals surface area contributed by atoms with Crippen LogP contribution in [-0.2, 0) is 6.54 Å². The molecular weight excluding hydrogens is 232 g/mol. The number of hydrogen-bond donors (Lipinski definition) is 0. The maximum absolute atomic E-state index is 4.15. The van der Waals surface area contributed by atoms with Crippen molar-refractivity contribution in [1.82, 2.24) is 9.55 Å². The Labute approximate surface area is 116 Å². The summed E-state index contributed by atoms with van der Waals surface area (Å²) in [5.41, 5.74) is 4.20. The maximum Gasteiger partial charge on any atom is 0.0946 e. The molecule has 19 heavy (non-hydrogen) atoms. The third-order valence-electron chi connectivity index (χ3n) is 3.61. The third-order valence-corrected chi connectivity index (χ3v) is 3.61. The van der Waals surface area contributed by atoms with Crippen LogP contribution in [0.2, 0.25) is 0 Å². The average molecular weight is 256 g/mol. The van der Waals surface area contributed by atoms with Gasteiger partial charge in [-0.25, -0.2) is 4.98 Å². The average Bonchev–Trinajstić information content (AvgIpc) is 2.86. The second-order valence-corrected chi connectivity index (χ2v) is 5.52. The molecule has 0 aliphatic carbocycles. The molecule has 102 valence electrons. The Bertz CT molecular complexity index is 480. The predicted molar refractivity (Wildman–Crippen MR) is 80.4 cm³/mol. The van der Waals surface area contributed by atoms with Gasteiger partial charge in [0.15, 0.2) is 0 Å². The first-order valence-corrected chi connectivity index (χ1v) is 7.23. The SMILES string of the molecule is CCCCC(Cn1ccnc1)c1cc(C)cc(C)c1. The van der Waals surface area contributed by atoms with E-state index in [0.29, 0.717) is 5.92 Å². The minimum Gasteiger partial charge on any atom is -0.337 e. The molecule has 0 spiro atoms. The predicted octanol–water partition coefficient (Wildman–Crippen LogP) is 4.47. The van der Waals surface area contributed by atoms with Gasteiger partial charge in [0, 0.05) is 24.9 Å². The monoisotopic (exact) mass is 256 g/mol. The van der Waals surface area contributed by atoms with Crippen molar-refractivity contribution >= 4 is 0 Å². The van der Waals surface area contributed by atoms with Crippen molar-refractivity contribution in [2.24, 2.45) is 0 Å². The highest BCUT2D eigenvalue weighted by Gasteiger charge is 2.12. The van der Waals surface area contributed by atoms with Gasteiger partial charge >= 0.3 is 0 Å². The molecule has 0 aliphatic heterocycles. The minimum absolute atomic E-state index is 0.591. The molecule has 0 amide bonds. The molecule has 1 atom stereocenters. The van der Waals surface area contributed by atoms with Crippen molar-refractivity contribution in [2.45, 2.75) is 52.5 Å². The van der Waals surface area contributed by atoms with Gasteiger partial charge in [-0.3, -0.25) is 0 Å². The summed E-state index contributed by atoms with van der Waals surface area (Å²) in [6, 6.07) is 6.92. The van der Waals surface area contributed by atoms with Crippen molar-refractivity contribution in [3.05, 3.63) is 53.6 Å². The smallest absolute Gasteiger partial charge is 0.0946 e. The molecule has 0 radical (unpaired) electrons. The molecule has 2 nitrogen and oxygen atoms in total. The molecular formula is C17H24N2. The zero-order valence-electron chi connectivity index (χ0n) is 12.3. The summed E-state index contributed by atoms with van der Waals surface area (Å²) >= 11 is 0. The van der Waals surface area contributed by atoms with Crippen LogP contribution in [0, 0.1) is 13.8 Å². The Hall–Kier alpha value is -1.57. The van der Waals surface area contributed by atoms with E-state index in [1.807, 2.05) is 12.5 Å². The van der Waals surface area contributed by atoms with Gasteiger partial charge in [0.2, 0.25) is 0 Å². The van der Waals surface area contributed by atoms with E-state index in [1.165, 1.54) is 36.0 Å². The van der Waals surface area contributed by atoms with Gasteiger partial charge in [0.25, 0.3) is 0 Å². The van der Waals surface area contributed by atoms with E-state index >= 15 is 0 Å². The Morgan fingerprint density at radius 3 is 2.47 bits per heavy atom. The zero-order valence-corrected chi connectivity index (χ0v) is 12.3. The van der Waals surface area contributed by atoms with Crippen molar-refractivity contribution < 1.29 is 0 Å². The second-order valence-electron chi connectivity index (χ2n) is 5.52. The van der Waals surface area contributed by atoms with Crippen LogP contribution in [0.25, 0.3) is 0 Å². The van der Waals surface area contributed by atoms with E-state index in [0.717, 1.165) is 6.54 Å². The van der Waals surface area contributed by atoms with Gasteiger partial charge in [0.1, 0.15) is 0 Å². The molecule has 0 saturated heterocycles. The van der Waals surface area contributed by atoms with Gasteiger partial charge in [0.05, 0.1) is 6.33 Å². The number of aromatic nitrogens is 2. The standard InChI is InChI=1S/C17H24N2/c1-4-5-6-16(12-19-8-7-18-13-19)17-10-14(2)9-15(3)11-17/h7-11,13,16H,4-6,12H2,1-3H3. The van der Waals surface area contributed by atoms with Crippen LogP contribution in [0.4, 0.5) is 0 Å². The molecule has 0 fully saturated rings. The van der Waals surface area contributed by atoms with E-state index in [4.69, 9.17) is 0 Å². The van der Waals surface area contributed by atoms with Crippen molar-refractivity contribution in [3.8, 4) is 0 Å². The molecule has 0 bridgehead atoms. The Balaban J connectivity index is 2.20.